The first-order chi connectivity index (χ1) is 16.6. The third kappa shape index (κ3) is 5.11. The Labute approximate surface area is 204 Å². The van der Waals surface area contributed by atoms with Gasteiger partial charge in [0, 0.05) is 48.8 Å². The molecule has 0 radical (unpaired) electrons. The van der Waals surface area contributed by atoms with Crippen LogP contribution in [0.3, 0.4) is 0 Å². The number of anilines is 4. The molecular formula is C27H27N7O. The molecule has 0 aliphatic heterocycles. The van der Waals surface area contributed by atoms with E-state index in [1.807, 2.05) is 91.9 Å². The first-order valence-corrected chi connectivity index (χ1v) is 10.8. The van der Waals surface area contributed by atoms with Crippen LogP contribution in [0.15, 0.2) is 91.3 Å². The van der Waals surface area contributed by atoms with Gasteiger partial charge in [-0.2, -0.15) is 10.1 Å². The van der Waals surface area contributed by atoms with Gasteiger partial charge in [-0.15, -0.1) is 0 Å². The van der Waals surface area contributed by atoms with E-state index in [0.717, 1.165) is 28.1 Å². The maximum Gasteiger partial charge on any atom is 0.255 e. The van der Waals surface area contributed by atoms with E-state index in [-0.39, 0.29) is 13.3 Å². The van der Waals surface area contributed by atoms with Gasteiger partial charge in [0.2, 0.25) is 5.95 Å². The number of benzene rings is 3. The Hall–Kier alpha value is -4.72. The second-order valence-electron chi connectivity index (χ2n) is 7.94. The number of carbonyl (C=O) groups excluding carboxylic acids is 1. The first-order valence-electron chi connectivity index (χ1n) is 10.8. The second-order valence-corrected chi connectivity index (χ2v) is 7.94. The SMILES string of the molecule is C.CN(C)c1nc(Nc2ccc(NC(=O)c3ccc(-n4cccn4)cc3)cc2)nc2ccccc12. The summed E-state index contributed by atoms with van der Waals surface area (Å²) in [6, 6.07) is 24.5. The number of aromatic nitrogens is 4. The molecule has 0 aliphatic rings. The summed E-state index contributed by atoms with van der Waals surface area (Å²) < 4.78 is 1.74. The molecule has 8 nitrogen and oxygen atoms in total. The summed E-state index contributed by atoms with van der Waals surface area (Å²) in [5, 5.41) is 11.4. The van der Waals surface area contributed by atoms with Crippen molar-refractivity contribution in [2.24, 2.45) is 0 Å². The molecule has 0 saturated carbocycles. The van der Waals surface area contributed by atoms with Crippen LogP contribution in [-0.2, 0) is 0 Å². The van der Waals surface area contributed by atoms with E-state index in [1.54, 1.807) is 23.0 Å². The lowest BCUT2D eigenvalue weighted by molar-refractivity contribution is 0.102. The molecule has 8 heteroatoms. The number of nitrogens with one attached hydrogen (secondary N) is 2. The minimum atomic E-state index is -0.179. The molecule has 0 unspecified atom stereocenters. The van der Waals surface area contributed by atoms with Crippen LogP contribution in [0.2, 0.25) is 0 Å². The van der Waals surface area contributed by atoms with Crippen LogP contribution in [-0.4, -0.2) is 39.8 Å². The molecule has 2 N–H and O–H groups in total. The highest BCUT2D eigenvalue weighted by atomic mass is 16.1. The van der Waals surface area contributed by atoms with Gasteiger partial charge in [-0.1, -0.05) is 19.6 Å². The number of rotatable bonds is 6. The Balaban J connectivity index is 0.00000289. The Morgan fingerprint density at radius 1 is 0.857 bits per heavy atom. The summed E-state index contributed by atoms with van der Waals surface area (Å²) in [6.45, 7) is 0. The maximum absolute atomic E-state index is 12.6. The largest absolute Gasteiger partial charge is 0.362 e. The van der Waals surface area contributed by atoms with E-state index in [4.69, 9.17) is 0 Å². The molecule has 176 valence electrons. The van der Waals surface area contributed by atoms with Crippen molar-refractivity contribution in [2.75, 3.05) is 29.6 Å². The lowest BCUT2D eigenvalue weighted by Gasteiger charge is -2.16. The lowest BCUT2D eigenvalue weighted by atomic mass is 10.2. The van der Waals surface area contributed by atoms with Gasteiger partial charge < -0.3 is 15.5 Å². The van der Waals surface area contributed by atoms with Gasteiger partial charge in [0.05, 0.1) is 11.2 Å². The van der Waals surface area contributed by atoms with E-state index in [2.05, 4.69) is 25.7 Å². The monoisotopic (exact) mass is 465 g/mol. The van der Waals surface area contributed by atoms with Crippen LogP contribution in [0.5, 0.6) is 0 Å². The zero-order valence-electron chi connectivity index (χ0n) is 18.8. The summed E-state index contributed by atoms with van der Waals surface area (Å²) in [7, 11) is 3.92. The van der Waals surface area contributed by atoms with E-state index >= 15 is 0 Å². The van der Waals surface area contributed by atoms with E-state index < -0.39 is 0 Å². The molecule has 0 atom stereocenters. The smallest absolute Gasteiger partial charge is 0.255 e. The fourth-order valence-electron chi connectivity index (χ4n) is 3.61. The van der Waals surface area contributed by atoms with Crippen molar-refractivity contribution in [1.82, 2.24) is 19.7 Å². The topological polar surface area (TPSA) is 88.0 Å². The molecule has 3 aromatic carbocycles. The number of carbonyl (C=O) groups is 1. The number of para-hydroxylation sites is 1. The molecular weight excluding hydrogens is 438 g/mol. The molecule has 5 rings (SSSR count). The van der Waals surface area contributed by atoms with Gasteiger partial charge >= 0.3 is 0 Å². The summed E-state index contributed by atoms with van der Waals surface area (Å²) in [5.74, 6) is 1.17. The first kappa shape index (κ1) is 23.4. The molecule has 0 bridgehead atoms. The molecule has 2 heterocycles. The van der Waals surface area contributed by atoms with Crippen molar-refractivity contribution in [3.63, 3.8) is 0 Å². The van der Waals surface area contributed by atoms with Gasteiger partial charge in [0.1, 0.15) is 5.82 Å². The zero-order valence-corrected chi connectivity index (χ0v) is 18.8. The van der Waals surface area contributed by atoms with Crippen molar-refractivity contribution in [1.29, 1.82) is 0 Å². The predicted octanol–water partition coefficient (Wildman–Crippen LogP) is 5.51. The number of amides is 1. The third-order valence-corrected chi connectivity index (χ3v) is 5.30. The highest BCUT2D eigenvalue weighted by Crippen LogP contribution is 2.25. The van der Waals surface area contributed by atoms with Crippen molar-refractivity contribution in [3.05, 3.63) is 96.8 Å². The van der Waals surface area contributed by atoms with Gasteiger partial charge in [-0.3, -0.25) is 4.79 Å². The van der Waals surface area contributed by atoms with Crippen LogP contribution < -0.4 is 15.5 Å². The molecule has 0 saturated heterocycles. The lowest BCUT2D eigenvalue weighted by Crippen LogP contribution is -2.13. The summed E-state index contributed by atoms with van der Waals surface area (Å²) >= 11 is 0. The summed E-state index contributed by atoms with van der Waals surface area (Å²) in [5.41, 5.74) is 3.84. The molecule has 0 aliphatic carbocycles. The maximum atomic E-state index is 12.6. The normalized spacial score (nSPS) is 10.5. The minimum absolute atomic E-state index is 0. The molecule has 2 aromatic heterocycles. The fourth-order valence-corrected chi connectivity index (χ4v) is 3.61. The van der Waals surface area contributed by atoms with Crippen LogP contribution in [0.4, 0.5) is 23.1 Å². The summed E-state index contributed by atoms with van der Waals surface area (Å²) in [4.78, 5) is 23.9. The van der Waals surface area contributed by atoms with Gasteiger partial charge in [0.25, 0.3) is 5.91 Å². The predicted molar refractivity (Wildman–Crippen MR) is 142 cm³/mol. The highest BCUT2D eigenvalue weighted by Gasteiger charge is 2.10. The van der Waals surface area contributed by atoms with Crippen LogP contribution in [0.25, 0.3) is 16.6 Å². The standard InChI is InChI=1S/C26H23N7O.CH4/c1-32(2)24-22-6-3-4-7-23(22)30-26(31-24)29-20-12-10-19(11-13-20)28-25(34)18-8-14-21(15-9-18)33-17-5-16-27-33;/h3-17H,1-2H3,(H,28,34)(H,29,30,31);1H4. The molecule has 5 aromatic rings. The Morgan fingerprint density at radius 3 is 2.26 bits per heavy atom. The Morgan fingerprint density at radius 2 is 1.57 bits per heavy atom. The van der Waals surface area contributed by atoms with Crippen molar-refractivity contribution < 1.29 is 4.79 Å². The van der Waals surface area contributed by atoms with Gasteiger partial charge in [-0.25, -0.2) is 9.67 Å². The van der Waals surface area contributed by atoms with E-state index in [0.29, 0.717) is 17.2 Å². The highest BCUT2D eigenvalue weighted by molar-refractivity contribution is 6.04. The Bertz CT molecular complexity index is 1430. The summed E-state index contributed by atoms with van der Waals surface area (Å²) in [6.07, 6.45) is 3.57. The number of fused-ring (bicyclic) bond motifs is 1. The number of hydrogen-bond donors (Lipinski definition) is 2. The van der Waals surface area contributed by atoms with Crippen molar-refractivity contribution in [3.8, 4) is 5.69 Å². The van der Waals surface area contributed by atoms with Crippen LogP contribution in [0.1, 0.15) is 17.8 Å². The molecule has 0 spiro atoms. The van der Waals surface area contributed by atoms with E-state index in [9.17, 15) is 4.79 Å². The van der Waals surface area contributed by atoms with Gasteiger partial charge in [0.15, 0.2) is 0 Å². The average Bonchev–Trinajstić information content (AvgIpc) is 3.40. The second kappa shape index (κ2) is 10.0. The van der Waals surface area contributed by atoms with Crippen LogP contribution in [0, 0.1) is 0 Å². The number of hydrogen-bond acceptors (Lipinski definition) is 6. The Kier molecular flexibility index (Phi) is 6.73. The third-order valence-electron chi connectivity index (χ3n) is 5.30. The van der Waals surface area contributed by atoms with Crippen molar-refractivity contribution >= 4 is 40.0 Å². The minimum Gasteiger partial charge on any atom is -0.362 e. The quantitative estimate of drug-likeness (QED) is 0.344. The molecule has 0 fully saturated rings. The molecule has 35 heavy (non-hydrogen) atoms. The van der Waals surface area contributed by atoms with E-state index in [1.165, 1.54) is 0 Å². The average molecular weight is 466 g/mol. The zero-order chi connectivity index (χ0) is 23.5. The number of nitrogens with zero attached hydrogens (tertiary/aromatic N) is 5. The van der Waals surface area contributed by atoms with Gasteiger partial charge in [-0.05, 0) is 66.7 Å². The fraction of sp³-hybridized carbons (Fsp3) is 0.111. The molecule has 1 amide bonds. The van der Waals surface area contributed by atoms with Crippen LogP contribution >= 0.6 is 0 Å². The van der Waals surface area contributed by atoms with Crippen molar-refractivity contribution in [2.45, 2.75) is 7.43 Å².